The lowest BCUT2D eigenvalue weighted by Gasteiger charge is -2.17. The summed E-state index contributed by atoms with van der Waals surface area (Å²) < 4.78 is 10.9. The predicted octanol–water partition coefficient (Wildman–Crippen LogP) is 6.35. The molecule has 0 aromatic carbocycles. The monoisotopic (exact) mass is 370 g/mol. The lowest BCUT2D eigenvalue weighted by atomic mass is 10.1. The molecule has 2 atom stereocenters. The summed E-state index contributed by atoms with van der Waals surface area (Å²) in [4.78, 5) is 23.6. The van der Waals surface area contributed by atoms with Crippen LogP contribution in [0.2, 0.25) is 0 Å². The van der Waals surface area contributed by atoms with Crippen molar-refractivity contribution in [1.82, 2.24) is 0 Å². The first kappa shape index (κ1) is 24.9. The van der Waals surface area contributed by atoms with E-state index in [1.54, 1.807) is 0 Å². The molecule has 0 spiro atoms. The minimum absolute atomic E-state index is 0.106. The van der Waals surface area contributed by atoms with E-state index in [9.17, 15) is 9.59 Å². The molecule has 4 heteroatoms. The van der Waals surface area contributed by atoms with Gasteiger partial charge in [0.25, 0.3) is 0 Å². The van der Waals surface area contributed by atoms with Crippen molar-refractivity contribution < 1.29 is 19.1 Å². The van der Waals surface area contributed by atoms with E-state index in [2.05, 4.69) is 13.8 Å². The molecule has 0 N–H and O–H groups in total. The molecule has 0 rings (SSSR count). The minimum atomic E-state index is -0.117. The second-order valence-corrected chi connectivity index (χ2v) is 7.51. The summed E-state index contributed by atoms with van der Waals surface area (Å²) in [6, 6.07) is 0. The van der Waals surface area contributed by atoms with Gasteiger partial charge in [-0.15, -0.1) is 0 Å². The van der Waals surface area contributed by atoms with E-state index >= 15 is 0 Å². The van der Waals surface area contributed by atoms with Gasteiger partial charge in [-0.2, -0.15) is 0 Å². The Balaban J connectivity index is 3.68. The highest BCUT2D eigenvalue weighted by molar-refractivity contribution is 5.69. The normalized spacial score (nSPS) is 13.2. The molecule has 0 bridgehead atoms. The van der Waals surface area contributed by atoms with Crippen molar-refractivity contribution in [3.05, 3.63) is 0 Å². The lowest BCUT2D eigenvalue weighted by molar-refractivity contribution is -0.152. The van der Waals surface area contributed by atoms with Gasteiger partial charge in [-0.05, 0) is 39.5 Å². The first-order chi connectivity index (χ1) is 12.5. The zero-order valence-corrected chi connectivity index (χ0v) is 17.7. The number of hydrogen-bond acceptors (Lipinski definition) is 4. The molecule has 0 radical (unpaired) electrons. The van der Waals surface area contributed by atoms with E-state index in [-0.39, 0.29) is 24.1 Å². The van der Waals surface area contributed by atoms with Crippen molar-refractivity contribution in [3.8, 4) is 0 Å². The first-order valence-electron chi connectivity index (χ1n) is 10.9. The Hall–Kier alpha value is -1.06. The largest absolute Gasteiger partial charge is 0.463 e. The van der Waals surface area contributed by atoms with Crippen molar-refractivity contribution in [2.75, 3.05) is 0 Å². The zero-order chi connectivity index (χ0) is 19.6. The van der Waals surface area contributed by atoms with Crippen LogP contribution >= 0.6 is 0 Å². The molecule has 154 valence electrons. The Bertz CT molecular complexity index is 320. The molecular formula is C22H42O4. The number of carbonyl (C=O) groups is 2. The molecule has 0 heterocycles. The average Bonchev–Trinajstić information content (AvgIpc) is 2.59. The molecule has 0 aliphatic heterocycles. The number of ether oxygens (including phenoxy) is 2. The average molecular weight is 371 g/mol. The number of carbonyl (C=O) groups excluding carboxylic acids is 2. The predicted molar refractivity (Wildman–Crippen MR) is 107 cm³/mol. The SMILES string of the molecule is CCCCCCCC(=O)OC(C)CCC(C)OC(=O)CCCCCCC. The third kappa shape index (κ3) is 16.4. The highest BCUT2D eigenvalue weighted by Crippen LogP contribution is 2.12. The van der Waals surface area contributed by atoms with E-state index < -0.39 is 0 Å². The van der Waals surface area contributed by atoms with E-state index in [4.69, 9.17) is 9.47 Å². The van der Waals surface area contributed by atoms with Gasteiger partial charge in [0, 0.05) is 12.8 Å². The first-order valence-corrected chi connectivity index (χ1v) is 10.9. The third-order valence-corrected chi connectivity index (χ3v) is 4.61. The summed E-state index contributed by atoms with van der Waals surface area (Å²) in [7, 11) is 0. The van der Waals surface area contributed by atoms with Crippen molar-refractivity contribution in [1.29, 1.82) is 0 Å². The Kier molecular flexibility index (Phi) is 16.7. The summed E-state index contributed by atoms with van der Waals surface area (Å²) in [6.45, 7) is 8.19. The maximum absolute atomic E-state index is 11.8. The topological polar surface area (TPSA) is 52.6 Å². The Morgan fingerprint density at radius 3 is 1.31 bits per heavy atom. The third-order valence-electron chi connectivity index (χ3n) is 4.61. The number of unbranched alkanes of at least 4 members (excludes halogenated alkanes) is 8. The van der Waals surface area contributed by atoms with Crippen LogP contribution in [0.25, 0.3) is 0 Å². The van der Waals surface area contributed by atoms with Crippen LogP contribution in [0.15, 0.2) is 0 Å². The van der Waals surface area contributed by atoms with Gasteiger partial charge in [-0.1, -0.05) is 65.2 Å². The molecule has 0 aromatic heterocycles. The second-order valence-electron chi connectivity index (χ2n) is 7.51. The van der Waals surface area contributed by atoms with E-state index in [0.717, 1.165) is 38.5 Å². The van der Waals surface area contributed by atoms with Crippen LogP contribution < -0.4 is 0 Å². The molecule has 2 unspecified atom stereocenters. The molecule has 26 heavy (non-hydrogen) atoms. The summed E-state index contributed by atoms with van der Waals surface area (Å²) in [5.41, 5.74) is 0. The zero-order valence-electron chi connectivity index (χ0n) is 17.7. The molecule has 0 saturated carbocycles. The van der Waals surface area contributed by atoms with Gasteiger partial charge >= 0.3 is 11.9 Å². The van der Waals surface area contributed by atoms with Crippen LogP contribution in [-0.4, -0.2) is 24.1 Å². The highest BCUT2D eigenvalue weighted by atomic mass is 16.5. The fourth-order valence-corrected chi connectivity index (χ4v) is 2.90. The van der Waals surface area contributed by atoms with Crippen molar-refractivity contribution in [2.45, 2.75) is 130 Å². The Morgan fingerprint density at radius 1 is 0.615 bits per heavy atom. The summed E-state index contributed by atoms with van der Waals surface area (Å²) in [5.74, 6) is -0.212. The maximum Gasteiger partial charge on any atom is 0.306 e. The molecule has 0 aliphatic rings. The quantitative estimate of drug-likeness (QED) is 0.221. The van der Waals surface area contributed by atoms with Crippen LogP contribution in [0, 0.1) is 0 Å². The molecule has 4 nitrogen and oxygen atoms in total. The summed E-state index contributed by atoms with van der Waals surface area (Å²) in [5, 5.41) is 0. The number of esters is 2. The summed E-state index contributed by atoms with van der Waals surface area (Å²) >= 11 is 0. The second kappa shape index (κ2) is 17.4. The van der Waals surface area contributed by atoms with Gasteiger partial charge in [0.2, 0.25) is 0 Å². The van der Waals surface area contributed by atoms with E-state index in [0.29, 0.717) is 12.8 Å². The molecule has 0 aromatic rings. The molecular weight excluding hydrogens is 328 g/mol. The van der Waals surface area contributed by atoms with Gasteiger partial charge < -0.3 is 9.47 Å². The van der Waals surface area contributed by atoms with E-state index in [1.165, 1.54) is 38.5 Å². The van der Waals surface area contributed by atoms with E-state index in [1.807, 2.05) is 13.8 Å². The van der Waals surface area contributed by atoms with Gasteiger partial charge in [-0.3, -0.25) is 9.59 Å². The lowest BCUT2D eigenvalue weighted by Crippen LogP contribution is -2.19. The fourth-order valence-electron chi connectivity index (χ4n) is 2.90. The van der Waals surface area contributed by atoms with Crippen molar-refractivity contribution >= 4 is 11.9 Å². The standard InChI is InChI=1S/C22H42O4/c1-5-7-9-11-13-15-21(23)25-19(3)17-18-20(4)26-22(24)16-14-12-10-8-6-2/h19-20H,5-18H2,1-4H3. The van der Waals surface area contributed by atoms with Crippen molar-refractivity contribution in [2.24, 2.45) is 0 Å². The van der Waals surface area contributed by atoms with Gasteiger partial charge in [0.15, 0.2) is 0 Å². The number of hydrogen-bond donors (Lipinski definition) is 0. The van der Waals surface area contributed by atoms with Crippen LogP contribution in [0.3, 0.4) is 0 Å². The fraction of sp³-hybridized carbons (Fsp3) is 0.909. The van der Waals surface area contributed by atoms with Gasteiger partial charge in [-0.25, -0.2) is 0 Å². The molecule has 0 amide bonds. The smallest absolute Gasteiger partial charge is 0.306 e. The molecule has 0 aliphatic carbocycles. The number of rotatable bonds is 17. The van der Waals surface area contributed by atoms with Crippen LogP contribution in [0.5, 0.6) is 0 Å². The Morgan fingerprint density at radius 2 is 0.962 bits per heavy atom. The van der Waals surface area contributed by atoms with Crippen LogP contribution in [0.4, 0.5) is 0 Å². The van der Waals surface area contributed by atoms with Gasteiger partial charge in [0.1, 0.15) is 0 Å². The molecule has 0 fully saturated rings. The van der Waals surface area contributed by atoms with Crippen LogP contribution in [-0.2, 0) is 19.1 Å². The summed E-state index contributed by atoms with van der Waals surface area (Å²) in [6.07, 6.45) is 13.6. The highest BCUT2D eigenvalue weighted by Gasteiger charge is 2.14. The minimum Gasteiger partial charge on any atom is -0.463 e. The maximum atomic E-state index is 11.8. The van der Waals surface area contributed by atoms with Crippen LogP contribution in [0.1, 0.15) is 118 Å². The Labute approximate surface area is 161 Å². The molecule has 0 saturated heterocycles. The van der Waals surface area contributed by atoms with Crippen molar-refractivity contribution in [3.63, 3.8) is 0 Å². The van der Waals surface area contributed by atoms with Gasteiger partial charge in [0.05, 0.1) is 12.2 Å².